The van der Waals surface area contributed by atoms with E-state index in [0.717, 1.165) is 37.3 Å². The lowest BCUT2D eigenvalue weighted by atomic mass is 10.2. The Balaban J connectivity index is 1.84. The Morgan fingerprint density at radius 3 is 2.65 bits per heavy atom. The Bertz CT molecular complexity index is 627. The molecule has 0 bridgehead atoms. The molecule has 1 amide bonds. The zero-order valence-electron chi connectivity index (χ0n) is 11.8. The molecule has 1 aliphatic rings. The minimum absolute atomic E-state index is 0.0340. The Hall–Kier alpha value is -2.01. The second kappa shape index (κ2) is 5.17. The molecule has 0 saturated carbocycles. The monoisotopic (exact) mass is 274 g/mol. The highest BCUT2D eigenvalue weighted by Crippen LogP contribution is 2.25. The van der Waals surface area contributed by atoms with Crippen LogP contribution < -0.4 is 4.74 Å². The van der Waals surface area contributed by atoms with Gasteiger partial charge in [0.05, 0.1) is 7.11 Å². The van der Waals surface area contributed by atoms with Crippen molar-refractivity contribution in [3.05, 3.63) is 30.0 Å². The molecule has 0 atom stereocenters. The van der Waals surface area contributed by atoms with Crippen LogP contribution in [0.1, 0.15) is 10.6 Å². The quantitative estimate of drug-likeness (QED) is 0.838. The maximum absolute atomic E-state index is 12.4. The molecule has 0 N–H and O–H groups in total. The van der Waals surface area contributed by atoms with E-state index in [9.17, 15) is 4.79 Å². The van der Waals surface area contributed by atoms with E-state index in [2.05, 4.69) is 11.9 Å². The highest BCUT2D eigenvalue weighted by Gasteiger charge is 2.23. The number of piperazine rings is 1. The third kappa shape index (κ3) is 2.36. The molecule has 0 radical (unpaired) electrons. The lowest BCUT2D eigenvalue weighted by molar-refractivity contribution is 0.0635. The molecule has 1 aliphatic heterocycles. The van der Waals surface area contributed by atoms with E-state index in [1.54, 1.807) is 19.2 Å². The summed E-state index contributed by atoms with van der Waals surface area (Å²) in [5, 5.41) is 0.920. The number of rotatable bonds is 2. The van der Waals surface area contributed by atoms with Crippen LogP contribution in [0.2, 0.25) is 0 Å². The average molecular weight is 274 g/mol. The number of fused-ring (bicyclic) bond motifs is 1. The van der Waals surface area contributed by atoms with Gasteiger partial charge in [0, 0.05) is 37.6 Å². The van der Waals surface area contributed by atoms with E-state index in [1.807, 2.05) is 17.0 Å². The predicted octanol–water partition coefficient (Wildman–Crippen LogP) is 1.83. The third-order valence-corrected chi connectivity index (χ3v) is 3.73. The molecule has 20 heavy (non-hydrogen) atoms. The topological polar surface area (TPSA) is 45.9 Å². The van der Waals surface area contributed by atoms with Crippen LogP contribution in [0.3, 0.4) is 0 Å². The summed E-state index contributed by atoms with van der Waals surface area (Å²) in [6, 6.07) is 7.37. The van der Waals surface area contributed by atoms with Crippen LogP contribution in [-0.2, 0) is 0 Å². The van der Waals surface area contributed by atoms with Gasteiger partial charge in [0.25, 0.3) is 5.91 Å². The van der Waals surface area contributed by atoms with Crippen molar-refractivity contribution in [2.45, 2.75) is 0 Å². The SMILES string of the molecule is COc1ccc2cc(C(=O)N3CCN(C)CC3)oc2c1. The number of benzene rings is 1. The molecule has 1 fully saturated rings. The fourth-order valence-electron chi connectivity index (χ4n) is 2.41. The fraction of sp³-hybridized carbons (Fsp3) is 0.400. The van der Waals surface area contributed by atoms with Crippen molar-refractivity contribution < 1.29 is 13.9 Å². The molecule has 106 valence electrons. The van der Waals surface area contributed by atoms with E-state index in [-0.39, 0.29) is 5.91 Å². The van der Waals surface area contributed by atoms with E-state index in [1.165, 1.54) is 0 Å². The van der Waals surface area contributed by atoms with Gasteiger partial charge in [0.2, 0.25) is 0 Å². The molecule has 5 nitrogen and oxygen atoms in total. The summed E-state index contributed by atoms with van der Waals surface area (Å²) in [5.74, 6) is 1.09. The standard InChI is InChI=1S/C15H18N2O3/c1-16-5-7-17(8-6-16)15(18)14-9-11-3-4-12(19-2)10-13(11)20-14/h3-4,9-10H,5-8H2,1-2H3. The minimum atomic E-state index is -0.0340. The maximum atomic E-state index is 12.4. The molecule has 1 aromatic heterocycles. The average Bonchev–Trinajstić information content (AvgIpc) is 2.90. The van der Waals surface area contributed by atoms with Crippen LogP contribution in [0, 0.1) is 0 Å². The first-order valence-corrected chi connectivity index (χ1v) is 6.73. The summed E-state index contributed by atoms with van der Waals surface area (Å²) in [7, 11) is 3.68. The number of nitrogens with zero attached hydrogens (tertiary/aromatic N) is 2. The van der Waals surface area contributed by atoms with Crippen molar-refractivity contribution in [3.8, 4) is 5.75 Å². The first-order chi connectivity index (χ1) is 9.67. The van der Waals surface area contributed by atoms with E-state index < -0.39 is 0 Å². The third-order valence-electron chi connectivity index (χ3n) is 3.73. The number of hydrogen-bond acceptors (Lipinski definition) is 4. The number of amides is 1. The summed E-state index contributed by atoms with van der Waals surface area (Å²) >= 11 is 0. The number of likely N-dealkylation sites (N-methyl/N-ethyl adjacent to an activating group) is 1. The number of ether oxygens (including phenoxy) is 1. The van der Waals surface area contributed by atoms with E-state index in [0.29, 0.717) is 11.3 Å². The Kier molecular flexibility index (Phi) is 3.36. The number of carbonyl (C=O) groups excluding carboxylic acids is 1. The molecule has 2 aromatic rings. The molecular weight excluding hydrogens is 256 g/mol. The highest BCUT2D eigenvalue weighted by molar-refractivity contribution is 5.96. The van der Waals surface area contributed by atoms with Crippen LogP contribution in [0.25, 0.3) is 11.0 Å². The van der Waals surface area contributed by atoms with Gasteiger partial charge < -0.3 is 19.0 Å². The molecular formula is C15H18N2O3. The van der Waals surface area contributed by atoms with Gasteiger partial charge in [-0.3, -0.25) is 4.79 Å². The van der Waals surface area contributed by atoms with Gasteiger partial charge in [-0.1, -0.05) is 0 Å². The molecule has 3 rings (SSSR count). The summed E-state index contributed by atoms with van der Waals surface area (Å²) in [5.41, 5.74) is 0.682. The lowest BCUT2D eigenvalue weighted by Gasteiger charge is -2.31. The highest BCUT2D eigenvalue weighted by atomic mass is 16.5. The summed E-state index contributed by atoms with van der Waals surface area (Å²) in [4.78, 5) is 16.5. The van der Waals surface area contributed by atoms with Gasteiger partial charge in [-0.25, -0.2) is 0 Å². The van der Waals surface area contributed by atoms with E-state index in [4.69, 9.17) is 9.15 Å². The normalized spacial score (nSPS) is 16.6. The Morgan fingerprint density at radius 1 is 1.20 bits per heavy atom. The van der Waals surface area contributed by atoms with E-state index >= 15 is 0 Å². The fourth-order valence-corrected chi connectivity index (χ4v) is 2.41. The van der Waals surface area contributed by atoms with Gasteiger partial charge in [0.1, 0.15) is 11.3 Å². The number of methoxy groups -OCH3 is 1. The predicted molar refractivity (Wildman–Crippen MR) is 76.2 cm³/mol. The van der Waals surface area contributed by atoms with Crippen molar-refractivity contribution in [1.29, 1.82) is 0 Å². The molecule has 2 heterocycles. The Morgan fingerprint density at radius 2 is 1.95 bits per heavy atom. The van der Waals surface area contributed by atoms with Gasteiger partial charge in [-0.2, -0.15) is 0 Å². The molecule has 0 aliphatic carbocycles. The van der Waals surface area contributed by atoms with Gasteiger partial charge in [-0.15, -0.1) is 0 Å². The van der Waals surface area contributed by atoms with Crippen LogP contribution in [-0.4, -0.2) is 56.0 Å². The largest absolute Gasteiger partial charge is 0.497 e. The van der Waals surface area contributed by atoms with Crippen molar-refractivity contribution >= 4 is 16.9 Å². The van der Waals surface area contributed by atoms with Crippen molar-refractivity contribution in [2.24, 2.45) is 0 Å². The number of furan rings is 1. The minimum Gasteiger partial charge on any atom is -0.497 e. The second-order valence-corrected chi connectivity index (χ2v) is 5.11. The van der Waals surface area contributed by atoms with Crippen molar-refractivity contribution in [1.82, 2.24) is 9.80 Å². The van der Waals surface area contributed by atoms with Gasteiger partial charge in [0.15, 0.2) is 5.76 Å². The van der Waals surface area contributed by atoms with Crippen LogP contribution in [0.15, 0.2) is 28.7 Å². The van der Waals surface area contributed by atoms with Crippen LogP contribution in [0.5, 0.6) is 5.75 Å². The number of carbonyl (C=O) groups is 1. The first kappa shape index (κ1) is 13.0. The van der Waals surface area contributed by atoms with Crippen molar-refractivity contribution in [2.75, 3.05) is 40.3 Å². The van der Waals surface area contributed by atoms with Gasteiger partial charge in [-0.05, 0) is 25.2 Å². The maximum Gasteiger partial charge on any atom is 0.289 e. The zero-order chi connectivity index (χ0) is 14.1. The molecule has 0 unspecified atom stereocenters. The lowest BCUT2D eigenvalue weighted by Crippen LogP contribution is -2.47. The summed E-state index contributed by atoms with van der Waals surface area (Å²) < 4.78 is 10.8. The van der Waals surface area contributed by atoms with Crippen LogP contribution >= 0.6 is 0 Å². The molecule has 1 saturated heterocycles. The first-order valence-electron chi connectivity index (χ1n) is 6.73. The second-order valence-electron chi connectivity index (χ2n) is 5.11. The van der Waals surface area contributed by atoms with Gasteiger partial charge >= 0.3 is 0 Å². The molecule has 1 aromatic carbocycles. The Labute approximate surface area is 117 Å². The molecule has 5 heteroatoms. The smallest absolute Gasteiger partial charge is 0.289 e. The van der Waals surface area contributed by atoms with Crippen LogP contribution in [0.4, 0.5) is 0 Å². The summed E-state index contributed by atoms with van der Waals surface area (Å²) in [6.45, 7) is 3.30. The molecule has 0 spiro atoms. The van der Waals surface area contributed by atoms with Crippen molar-refractivity contribution in [3.63, 3.8) is 0 Å². The zero-order valence-corrected chi connectivity index (χ0v) is 11.8. The summed E-state index contributed by atoms with van der Waals surface area (Å²) in [6.07, 6.45) is 0. The number of hydrogen-bond donors (Lipinski definition) is 0.